The van der Waals surface area contributed by atoms with Crippen molar-refractivity contribution in [3.63, 3.8) is 0 Å². The Hall–Kier alpha value is -1.45. The van der Waals surface area contributed by atoms with Crippen molar-refractivity contribution in [3.8, 4) is 0 Å². The lowest BCUT2D eigenvalue weighted by Crippen LogP contribution is -2.53. The third-order valence-corrected chi connectivity index (χ3v) is 5.98. The molecule has 9 heteroatoms. The number of nitrogens with zero attached hydrogens (tertiary/aromatic N) is 3. The Bertz CT molecular complexity index is 681. The second-order valence-electron chi connectivity index (χ2n) is 6.36. The van der Waals surface area contributed by atoms with Crippen molar-refractivity contribution < 1.29 is 17.9 Å². The number of aromatic nitrogens is 2. The zero-order chi connectivity index (χ0) is 17.2. The Morgan fingerprint density at radius 3 is 2.88 bits per heavy atom. The van der Waals surface area contributed by atoms with Crippen LogP contribution in [0.3, 0.4) is 0 Å². The largest absolute Gasteiger partial charge is 0.378 e. The SMILES string of the molecule is Cn1nccc1N1CCCC(NS(=O)(=O)CCC2CCCO2)C1=O. The number of aryl methyl sites for hydroxylation is 1. The van der Waals surface area contributed by atoms with Gasteiger partial charge in [0.15, 0.2) is 0 Å². The Labute approximate surface area is 142 Å². The van der Waals surface area contributed by atoms with Gasteiger partial charge in [-0.3, -0.25) is 14.4 Å². The molecule has 2 aliphatic rings. The molecule has 2 aliphatic heterocycles. The minimum absolute atomic E-state index is 0.00679. The molecule has 1 N–H and O–H groups in total. The molecule has 0 aliphatic carbocycles. The first-order chi connectivity index (χ1) is 11.5. The number of piperidine rings is 1. The molecule has 2 fully saturated rings. The number of hydrogen-bond acceptors (Lipinski definition) is 5. The van der Waals surface area contributed by atoms with Gasteiger partial charge in [-0.05, 0) is 32.1 Å². The molecule has 134 valence electrons. The van der Waals surface area contributed by atoms with Gasteiger partial charge in [0.25, 0.3) is 0 Å². The maximum absolute atomic E-state index is 12.6. The average molecular weight is 356 g/mol. The molecule has 0 aromatic carbocycles. The van der Waals surface area contributed by atoms with E-state index in [1.165, 1.54) is 0 Å². The number of anilines is 1. The van der Waals surface area contributed by atoms with Crippen LogP contribution in [0.5, 0.6) is 0 Å². The average Bonchev–Trinajstić information content (AvgIpc) is 3.19. The number of amides is 1. The number of carbonyl (C=O) groups is 1. The van der Waals surface area contributed by atoms with E-state index in [1.54, 1.807) is 28.9 Å². The fourth-order valence-corrected chi connectivity index (χ4v) is 4.62. The van der Waals surface area contributed by atoms with E-state index >= 15 is 0 Å². The summed E-state index contributed by atoms with van der Waals surface area (Å²) in [5, 5.41) is 4.07. The number of rotatable bonds is 6. The number of nitrogens with one attached hydrogen (secondary N) is 1. The summed E-state index contributed by atoms with van der Waals surface area (Å²) in [5.74, 6) is 0.460. The minimum Gasteiger partial charge on any atom is -0.378 e. The van der Waals surface area contributed by atoms with E-state index in [0.717, 1.165) is 19.3 Å². The predicted octanol–water partition coefficient (Wildman–Crippen LogP) is 0.404. The molecular weight excluding hydrogens is 332 g/mol. The van der Waals surface area contributed by atoms with Crippen LogP contribution in [0.1, 0.15) is 32.1 Å². The summed E-state index contributed by atoms with van der Waals surface area (Å²) >= 11 is 0. The van der Waals surface area contributed by atoms with Crippen molar-refractivity contribution in [1.82, 2.24) is 14.5 Å². The van der Waals surface area contributed by atoms with Gasteiger partial charge in [0.1, 0.15) is 11.9 Å². The molecule has 8 nitrogen and oxygen atoms in total. The highest BCUT2D eigenvalue weighted by atomic mass is 32.2. The Morgan fingerprint density at radius 2 is 2.21 bits per heavy atom. The lowest BCUT2D eigenvalue weighted by molar-refractivity contribution is -0.121. The summed E-state index contributed by atoms with van der Waals surface area (Å²) < 4.78 is 34.3. The highest BCUT2D eigenvalue weighted by molar-refractivity contribution is 7.89. The topological polar surface area (TPSA) is 93.5 Å². The molecule has 3 heterocycles. The van der Waals surface area contributed by atoms with Crippen LogP contribution in [-0.4, -0.2) is 55.2 Å². The minimum atomic E-state index is -3.50. The van der Waals surface area contributed by atoms with Crippen LogP contribution in [0.15, 0.2) is 12.3 Å². The lowest BCUT2D eigenvalue weighted by atomic mass is 10.1. The van der Waals surface area contributed by atoms with Crippen molar-refractivity contribution in [2.45, 2.75) is 44.2 Å². The fourth-order valence-electron chi connectivity index (χ4n) is 3.28. The van der Waals surface area contributed by atoms with E-state index in [1.807, 2.05) is 0 Å². The van der Waals surface area contributed by atoms with E-state index in [2.05, 4.69) is 9.82 Å². The second-order valence-corrected chi connectivity index (χ2v) is 8.23. The summed E-state index contributed by atoms with van der Waals surface area (Å²) in [7, 11) is -1.74. The Kier molecular flexibility index (Phi) is 5.21. The van der Waals surface area contributed by atoms with Gasteiger partial charge in [-0.15, -0.1) is 0 Å². The van der Waals surface area contributed by atoms with Crippen LogP contribution in [0.25, 0.3) is 0 Å². The standard InChI is InChI=1S/C15H24N4O4S/c1-18-14(6-8-16-18)19-9-2-5-13(15(19)20)17-24(21,22)11-7-12-4-3-10-23-12/h6,8,12-13,17H,2-5,7,9-11H2,1H3. The van der Waals surface area contributed by atoms with E-state index in [-0.39, 0.29) is 17.8 Å². The highest BCUT2D eigenvalue weighted by Crippen LogP contribution is 2.21. The maximum atomic E-state index is 12.6. The monoisotopic (exact) mass is 356 g/mol. The molecular formula is C15H24N4O4S. The van der Waals surface area contributed by atoms with Crippen LogP contribution in [-0.2, 0) is 26.6 Å². The van der Waals surface area contributed by atoms with E-state index in [0.29, 0.717) is 31.8 Å². The first-order valence-electron chi connectivity index (χ1n) is 8.37. The van der Waals surface area contributed by atoms with Crippen LogP contribution in [0, 0.1) is 0 Å². The molecule has 1 amide bonds. The number of ether oxygens (including phenoxy) is 1. The number of carbonyl (C=O) groups excluding carboxylic acids is 1. The summed E-state index contributed by atoms with van der Waals surface area (Å²) in [4.78, 5) is 14.2. The summed E-state index contributed by atoms with van der Waals surface area (Å²) in [6.07, 6.45) is 5.28. The van der Waals surface area contributed by atoms with Crippen LogP contribution in [0.2, 0.25) is 0 Å². The molecule has 0 saturated carbocycles. The molecule has 0 spiro atoms. The zero-order valence-electron chi connectivity index (χ0n) is 13.8. The van der Waals surface area contributed by atoms with Crippen molar-refractivity contribution in [1.29, 1.82) is 0 Å². The third kappa shape index (κ3) is 3.96. The molecule has 0 bridgehead atoms. The number of sulfonamides is 1. The summed E-state index contributed by atoms with van der Waals surface area (Å²) in [5.41, 5.74) is 0. The summed E-state index contributed by atoms with van der Waals surface area (Å²) in [6.45, 7) is 1.28. The van der Waals surface area contributed by atoms with Gasteiger partial charge >= 0.3 is 0 Å². The normalized spacial score (nSPS) is 25.4. The molecule has 2 unspecified atom stereocenters. The van der Waals surface area contributed by atoms with Crippen molar-refractivity contribution in [2.24, 2.45) is 7.05 Å². The molecule has 24 heavy (non-hydrogen) atoms. The van der Waals surface area contributed by atoms with Gasteiger partial charge < -0.3 is 4.74 Å². The Morgan fingerprint density at radius 1 is 1.38 bits per heavy atom. The maximum Gasteiger partial charge on any atom is 0.246 e. The van der Waals surface area contributed by atoms with Gasteiger partial charge in [-0.25, -0.2) is 13.1 Å². The van der Waals surface area contributed by atoms with Gasteiger partial charge in [0, 0.05) is 26.3 Å². The van der Waals surface area contributed by atoms with Gasteiger partial charge in [-0.2, -0.15) is 5.10 Å². The first kappa shape index (κ1) is 17.4. The lowest BCUT2D eigenvalue weighted by Gasteiger charge is -2.32. The smallest absolute Gasteiger partial charge is 0.246 e. The third-order valence-electron chi connectivity index (χ3n) is 4.56. The zero-order valence-corrected chi connectivity index (χ0v) is 14.7. The molecule has 2 atom stereocenters. The van der Waals surface area contributed by atoms with Gasteiger partial charge in [0.05, 0.1) is 18.1 Å². The first-order valence-corrected chi connectivity index (χ1v) is 10.0. The van der Waals surface area contributed by atoms with Crippen molar-refractivity contribution in [3.05, 3.63) is 12.3 Å². The molecule has 1 aromatic heterocycles. The quantitative estimate of drug-likeness (QED) is 0.796. The van der Waals surface area contributed by atoms with E-state index in [9.17, 15) is 13.2 Å². The molecule has 2 saturated heterocycles. The highest BCUT2D eigenvalue weighted by Gasteiger charge is 2.33. The van der Waals surface area contributed by atoms with Crippen molar-refractivity contribution >= 4 is 21.7 Å². The number of hydrogen-bond donors (Lipinski definition) is 1. The van der Waals surface area contributed by atoms with Crippen LogP contribution in [0.4, 0.5) is 5.82 Å². The second kappa shape index (κ2) is 7.20. The molecule has 1 aromatic rings. The van der Waals surface area contributed by atoms with Crippen LogP contribution < -0.4 is 9.62 Å². The van der Waals surface area contributed by atoms with Gasteiger partial charge in [-0.1, -0.05) is 0 Å². The van der Waals surface area contributed by atoms with E-state index < -0.39 is 16.1 Å². The van der Waals surface area contributed by atoms with E-state index in [4.69, 9.17) is 4.74 Å². The predicted molar refractivity (Wildman–Crippen MR) is 89.1 cm³/mol. The van der Waals surface area contributed by atoms with Gasteiger partial charge in [0.2, 0.25) is 15.9 Å². The fraction of sp³-hybridized carbons (Fsp3) is 0.733. The van der Waals surface area contributed by atoms with Crippen LogP contribution >= 0.6 is 0 Å². The van der Waals surface area contributed by atoms with Crippen molar-refractivity contribution in [2.75, 3.05) is 23.8 Å². The Balaban J connectivity index is 1.61. The summed E-state index contributed by atoms with van der Waals surface area (Å²) in [6, 6.07) is 1.05. The molecule has 3 rings (SSSR count). The molecule has 0 radical (unpaired) electrons.